The van der Waals surface area contributed by atoms with Crippen molar-refractivity contribution in [3.63, 3.8) is 0 Å². The molecular weight excluding hydrogens is 454 g/mol. The number of nitrogens with one attached hydrogen (secondary N) is 2. The third-order valence-corrected chi connectivity index (χ3v) is 6.52. The van der Waals surface area contributed by atoms with Gasteiger partial charge in [-0.05, 0) is 54.3 Å². The highest BCUT2D eigenvalue weighted by molar-refractivity contribution is 6.05. The SMILES string of the molecule is O=C(NCc1ccc(COc2ccccc2)cc1)c1cccc(N2NC(=O)C3CC=CCC3C2=O)c1. The van der Waals surface area contributed by atoms with Gasteiger partial charge in [-0.3, -0.25) is 19.8 Å². The van der Waals surface area contributed by atoms with Crippen molar-refractivity contribution in [2.75, 3.05) is 5.01 Å². The fraction of sp³-hybridized carbons (Fsp3) is 0.207. The second-order valence-electron chi connectivity index (χ2n) is 8.96. The van der Waals surface area contributed by atoms with Crippen LogP contribution >= 0.6 is 0 Å². The number of hydrogen-bond donors (Lipinski definition) is 2. The quantitative estimate of drug-likeness (QED) is 0.496. The molecule has 7 heteroatoms. The Labute approximate surface area is 209 Å². The highest BCUT2D eigenvalue weighted by Gasteiger charge is 2.42. The van der Waals surface area contributed by atoms with E-state index in [2.05, 4.69) is 10.7 Å². The number of ether oxygens (including phenoxy) is 1. The molecule has 1 heterocycles. The van der Waals surface area contributed by atoms with Crippen molar-refractivity contribution in [1.29, 1.82) is 0 Å². The van der Waals surface area contributed by atoms with Crippen LogP contribution in [0.15, 0.2) is 91.0 Å². The van der Waals surface area contributed by atoms with Crippen molar-refractivity contribution >= 4 is 23.4 Å². The van der Waals surface area contributed by atoms with Gasteiger partial charge in [-0.2, -0.15) is 0 Å². The number of rotatable bonds is 7. The molecule has 0 spiro atoms. The Balaban J connectivity index is 1.19. The topological polar surface area (TPSA) is 87.7 Å². The Morgan fingerprint density at radius 1 is 0.889 bits per heavy atom. The van der Waals surface area contributed by atoms with E-state index in [9.17, 15) is 14.4 Å². The van der Waals surface area contributed by atoms with Crippen LogP contribution in [0.2, 0.25) is 0 Å². The maximum Gasteiger partial charge on any atom is 0.251 e. The molecule has 3 aromatic carbocycles. The predicted molar refractivity (Wildman–Crippen MR) is 136 cm³/mol. The molecule has 2 unspecified atom stereocenters. The van der Waals surface area contributed by atoms with Crippen LogP contribution < -0.4 is 20.5 Å². The van der Waals surface area contributed by atoms with Crippen LogP contribution in [0.4, 0.5) is 5.69 Å². The van der Waals surface area contributed by atoms with Gasteiger partial charge in [0, 0.05) is 12.1 Å². The molecule has 0 aromatic heterocycles. The van der Waals surface area contributed by atoms with Gasteiger partial charge in [0.05, 0.1) is 17.5 Å². The van der Waals surface area contributed by atoms with Gasteiger partial charge in [0.25, 0.3) is 5.91 Å². The first-order valence-electron chi connectivity index (χ1n) is 12.0. The fourth-order valence-electron chi connectivity index (χ4n) is 4.49. The third-order valence-electron chi connectivity index (χ3n) is 6.52. The Morgan fingerprint density at radius 2 is 1.61 bits per heavy atom. The molecule has 1 aliphatic carbocycles. The molecule has 0 saturated carbocycles. The number of carbonyl (C=O) groups excluding carboxylic acids is 3. The molecule has 3 amide bonds. The largest absolute Gasteiger partial charge is 0.489 e. The number of carbonyl (C=O) groups is 3. The zero-order chi connectivity index (χ0) is 24.9. The Kier molecular flexibility index (Phi) is 6.80. The van der Waals surface area contributed by atoms with Crippen LogP contribution in [0.5, 0.6) is 5.75 Å². The Bertz CT molecular complexity index is 1290. The molecule has 5 rings (SSSR count). The molecule has 0 radical (unpaired) electrons. The van der Waals surface area contributed by atoms with Crippen molar-refractivity contribution in [3.8, 4) is 5.75 Å². The first kappa shape index (κ1) is 23.4. The normalized spacial score (nSPS) is 18.8. The zero-order valence-electron chi connectivity index (χ0n) is 19.7. The molecule has 0 bridgehead atoms. The second kappa shape index (κ2) is 10.5. The van der Waals surface area contributed by atoms with E-state index in [1.807, 2.05) is 66.7 Å². The third kappa shape index (κ3) is 5.15. The summed E-state index contributed by atoms with van der Waals surface area (Å²) < 4.78 is 5.77. The van der Waals surface area contributed by atoms with Gasteiger partial charge in [-0.15, -0.1) is 0 Å². The summed E-state index contributed by atoms with van der Waals surface area (Å²) in [6.45, 7) is 0.825. The van der Waals surface area contributed by atoms with E-state index in [4.69, 9.17) is 4.74 Å². The van der Waals surface area contributed by atoms with Crippen LogP contribution in [0, 0.1) is 11.8 Å². The Hall–Kier alpha value is -4.39. The summed E-state index contributed by atoms with van der Waals surface area (Å²) in [6, 6.07) is 24.2. The van der Waals surface area contributed by atoms with Gasteiger partial charge in [0.1, 0.15) is 12.4 Å². The van der Waals surface area contributed by atoms with Gasteiger partial charge in [0.2, 0.25) is 11.8 Å². The van der Waals surface area contributed by atoms with Gasteiger partial charge < -0.3 is 10.1 Å². The molecule has 2 aliphatic rings. The molecule has 182 valence electrons. The minimum absolute atomic E-state index is 0.155. The van der Waals surface area contributed by atoms with E-state index in [1.54, 1.807) is 24.3 Å². The molecule has 2 atom stereocenters. The lowest BCUT2D eigenvalue weighted by molar-refractivity contribution is -0.139. The summed E-state index contributed by atoms with van der Waals surface area (Å²) >= 11 is 0. The number of fused-ring (bicyclic) bond motifs is 1. The van der Waals surface area contributed by atoms with E-state index < -0.39 is 0 Å². The first-order chi connectivity index (χ1) is 17.6. The average molecular weight is 482 g/mol. The minimum atomic E-state index is -0.373. The van der Waals surface area contributed by atoms with Crippen molar-refractivity contribution in [1.82, 2.24) is 10.7 Å². The highest BCUT2D eigenvalue weighted by atomic mass is 16.5. The van der Waals surface area contributed by atoms with E-state index >= 15 is 0 Å². The summed E-state index contributed by atoms with van der Waals surface area (Å²) in [5.41, 5.74) is 5.57. The van der Waals surface area contributed by atoms with Crippen LogP contribution in [-0.4, -0.2) is 17.7 Å². The molecule has 2 N–H and O–H groups in total. The van der Waals surface area contributed by atoms with Gasteiger partial charge in [-0.25, -0.2) is 5.01 Å². The number of amides is 3. The summed E-state index contributed by atoms with van der Waals surface area (Å²) in [7, 11) is 0. The molecular formula is C29H27N3O4. The fourth-order valence-corrected chi connectivity index (χ4v) is 4.49. The standard InChI is InChI=1S/C29H27N3O4/c33-27(30-18-20-13-15-21(16-14-20)19-36-24-9-2-1-3-10-24)22-7-6-8-23(17-22)32-29(35)26-12-5-4-11-25(26)28(34)31-32/h1-10,13-17,25-26H,11-12,18-19H2,(H,30,33)(H,31,34). The molecule has 3 aromatic rings. The highest BCUT2D eigenvalue weighted by Crippen LogP contribution is 2.32. The number of anilines is 1. The summed E-state index contributed by atoms with van der Waals surface area (Å²) in [5.74, 6) is -0.474. The van der Waals surface area contributed by atoms with Crippen LogP contribution in [0.3, 0.4) is 0 Å². The molecule has 36 heavy (non-hydrogen) atoms. The number of hydrazine groups is 1. The van der Waals surface area contributed by atoms with E-state index in [-0.39, 0.29) is 29.6 Å². The van der Waals surface area contributed by atoms with E-state index in [0.29, 0.717) is 37.2 Å². The molecule has 1 aliphatic heterocycles. The Morgan fingerprint density at radius 3 is 2.39 bits per heavy atom. The van der Waals surface area contributed by atoms with Gasteiger partial charge >= 0.3 is 0 Å². The van der Waals surface area contributed by atoms with Gasteiger partial charge in [-0.1, -0.05) is 60.7 Å². The van der Waals surface area contributed by atoms with Crippen LogP contribution in [0.1, 0.15) is 34.3 Å². The first-order valence-corrected chi connectivity index (χ1v) is 12.0. The number of para-hydroxylation sites is 1. The van der Waals surface area contributed by atoms with Crippen molar-refractivity contribution in [3.05, 3.63) is 108 Å². The zero-order valence-corrected chi connectivity index (χ0v) is 19.7. The van der Waals surface area contributed by atoms with Crippen molar-refractivity contribution in [2.24, 2.45) is 11.8 Å². The maximum absolute atomic E-state index is 13.0. The second-order valence-corrected chi connectivity index (χ2v) is 8.96. The smallest absolute Gasteiger partial charge is 0.251 e. The lowest BCUT2D eigenvalue weighted by Crippen LogP contribution is -2.59. The summed E-state index contributed by atoms with van der Waals surface area (Å²) in [5, 5.41) is 4.19. The van der Waals surface area contributed by atoms with E-state index in [1.165, 1.54) is 5.01 Å². The lowest BCUT2D eigenvalue weighted by atomic mass is 9.80. The number of hydrogen-bond acceptors (Lipinski definition) is 4. The van der Waals surface area contributed by atoms with Crippen LogP contribution in [0.25, 0.3) is 0 Å². The maximum atomic E-state index is 13.0. The monoisotopic (exact) mass is 481 g/mol. The lowest BCUT2D eigenvalue weighted by Gasteiger charge is -2.38. The molecule has 1 fully saturated rings. The van der Waals surface area contributed by atoms with Gasteiger partial charge in [0.15, 0.2) is 0 Å². The summed E-state index contributed by atoms with van der Waals surface area (Å²) in [4.78, 5) is 38.4. The number of benzene rings is 3. The number of allylic oxidation sites excluding steroid dienone is 2. The van der Waals surface area contributed by atoms with Crippen molar-refractivity contribution in [2.45, 2.75) is 26.0 Å². The molecule has 7 nitrogen and oxygen atoms in total. The van der Waals surface area contributed by atoms with Crippen LogP contribution in [-0.2, 0) is 22.7 Å². The molecule has 1 saturated heterocycles. The minimum Gasteiger partial charge on any atom is -0.489 e. The average Bonchev–Trinajstić information content (AvgIpc) is 2.94. The summed E-state index contributed by atoms with van der Waals surface area (Å²) in [6.07, 6.45) is 5.01. The predicted octanol–water partition coefficient (Wildman–Crippen LogP) is 4.16. The number of nitrogens with zero attached hydrogens (tertiary/aromatic N) is 1. The van der Waals surface area contributed by atoms with E-state index in [0.717, 1.165) is 16.9 Å². The van der Waals surface area contributed by atoms with Crippen molar-refractivity contribution < 1.29 is 19.1 Å².